The third-order valence-corrected chi connectivity index (χ3v) is 4.29. The van der Waals surface area contributed by atoms with Crippen molar-refractivity contribution in [1.29, 1.82) is 0 Å². The molecule has 1 N–H and O–H groups in total. The quantitative estimate of drug-likeness (QED) is 0.919. The number of hydrogen-bond donors (Lipinski definition) is 1. The smallest absolute Gasteiger partial charge is 0.292 e. The molecule has 6 heteroatoms. The van der Waals surface area contributed by atoms with Crippen LogP contribution < -0.4 is 10.2 Å². The lowest BCUT2D eigenvalue weighted by Gasteiger charge is -2.20. The number of nitrogens with one attached hydrogen (secondary N) is 1. The van der Waals surface area contributed by atoms with Crippen molar-refractivity contribution in [1.82, 2.24) is 0 Å². The first-order valence-corrected chi connectivity index (χ1v) is 7.69. The summed E-state index contributed by atoms with van der Waals surface area (Å²) >= 11 is 0. The molecule has 2 amide bonds. The van der Waals surface area contributed by atoms with Gasteiger partial charge in [-0.1, -0.05) is 18.2 Å². The SMILES string of the molecule is CN1C(=O)C2(OCCO2)c2cc(NC(=O)c3ccccc3)ccc21. The average molecular weight is 324 g/mol. The standard InChI is InChI=1S/C18H16N2O4/c1-20-15-8-7-13(19-16(21)12-5-3-2-4-6-12)11-14(15)18(17(20)22)23-9-10-24-18/h2-8,11H,9-10H2,1H3,(H,19,21). The van der Waals surface area contributed by atoms with E-state index < -0.39 is 5.79 Å². The molecule has 0 aliphatic carbocycles. The van der Waals surface area contributed by atoms with Crippen LogP contribution in [0.1, 0.15) is 15.9 Å². The lowest BCUT2D eigenvalue weighted by molar-refractivity contribution is -0.180. The number of carbonyl (C=O) groups is 2. The van der Waals surface area contributed by atoms with Gasteiger partial charge in [0.2, 0.25) is 0 Å². The third kappa shape index (κ3) is 2.11. The summed E-state index contributed by atoms with van der Waals surface area (Å²) in [6.07, 6.45) is 0. The first kappa shape index (κ1) is 14.9. The minimum atomic E-state index is -1.38. The minimum absolute atomic E-state index is 0.212. The fourth-order valence-corrected chi connectivity index (χ4v) is 3.10. The molecular formula is C18H16N2O4. The van der Waals surface area contributed by atoms with Gasteiger partial charge in [0.1, 0.15) is 0 Å². The summed E-state index contributed by atoms with van der Waals surface area (Å²) in [6.45, 7) is 0.721. The average Bonchev–Trinajstić information content (AvgIpc) is 3.18. The highest BCUT2D eigenvalue weighted by Crippen LogP contribution is 2.45. The molecule has 1 saturated heterocycles. The Labute approximate surface area is 139 Å². The molecule has 0 aromatic heterocycles. The molecule has 1 fully saturated rings. The second-order valence-corrected chi connectivity index (χ2v) is 5.73. The van der Waals surface area contributed by atoms with Crippen LogP contribution in [-0.2, 0) is 20.1 Å². The van der Waals surface area contributed by atoms with Crippen LogP contribution in [0.5, 0.6) is 0 Å². The molecule has 1 spiro atoms. The van der Waals surface area contributed by atoms with E-state index in [0.717, 1.165) is 5.69 Å². The first-order chi connectivity index (χ1) is 11.6. The molecule has 0 saturated carbocycles. The summed E-state index contributed by atoms with van der Waals surface area (Å²) < 4.78 is 11.3. The van der Waals surface area contributed by atoms with E-state index in [2.05, 4.69) is 5.32 Å². The Morgan fingerprint density at radius 2 is 1.83 bits per heavy atom. The Hall–Kier alpha value is -2.70. The second kappa shape index (κ2) is 5.43. The van der Waals surface area contributed by atoms with Gasteiger partial charge in [-0.15, -0.1) is 0 Å². The molecule has 2 aromatic rings. The van der Waals surface area contributed by atoms with E-state index >= 15 is 0 Å². The van der Waals surface area contributed by atoms with E-state index in [1.54, 1.807) is 49.5 Å². The molecule has 2 aliphatic heterocycles. The number of likely N-dealkylation sites (N-methyl/N-ethyl adjacent to an activating group) is 1. The fraction of sp³-hybridized carbons (Fsp3) is 0.222. The fourth-order valence-electron chi connectivity index (χ4n) is 3.10. The maximum Gasteiger partial charge on any atom is 0.292 e. The Kier molecular flexibility index (Phi) is 3.37. The van der Waals surface area contributed by atoms with Crippen molar-refractivity contribution in [2.45, 2.75) is 5.79 Å². The number of nitrogens with zero attached hydrogens (tertiary/aromatic N) is 1. The van der Waals surface area contributed by atoms with E-state index in [9.17, 15) is 9.59 Å². The van der Waals surface area contributed by atoms with Crippen molar-refractivity contribution < 1.29 is 19.1 Å². The Bertz CT molecular complexity index is 813. The van der Waals surface area contributed by atoms with Crippen LogP contribution in [0.15, 0.2) is 48.5 Å². The van der Waals surface area contributed by atoms with Gasteiger partial charge in [-0.05, 0) is 30.3 Å². The summed E-state index contributed by atoms with van der Waals surface area (Å²) in [4.78, 5) is 26.4. The van der Waals surface area contributed by atoms with Crippen LogP contribution >= 0.6 is 0 Å². The molecule has 4 rings (SSSR count). The van der Waals surface area contributed by atoms with Gasteiger partial charge in [0.25, 0.3) is 17.6 Å². The number of carbonyl (C=O) groups excluding carboxylic acids is 2. The zero-order valence-electron chi connectivity index (χ0n) is 13.1. The summed E-state index contributed by atoms with van der Waals surface area (Å²) in [5.41, 5.74) is 2.50. The van der Waals surface area contributed by atoms with E-state index in [1.807, 2.05) is 6.07 Å². The van der Waals surface area contributed by atoms with Gasteiger partial charge < -0.3 is 19.7 Å². The van der Waals surface area contributed by atoms with E-state index in [4.69, 9.17) is 9.47 Å². The summed E-state index contributed by atoms with van der Waals surface area (Å²) in [7, 11) is 1.68. The van der Waals surface area contributed by atoms with Crippen molar-refractivity contribution in [3.05, 3.63) is 59.7 Å². The van der Waals surface area contributed by atoms with Crippen LogP contribution in [0.25, 0.3) is 0 Å². The predicted octanol–water partition coefficient (Wildman–Crippen LogP) is 2.11. The highest BCUT2D eigenvalue weighted by Gasteiger charge is 2.55. The normalized spacial score (nSPS) is 18.0. The molecule has 24 heavy (non-hydrogen) atoms. The number of ether oxygens (including phenoxy) is 2. The van der Waals surface area contributed by atoms with Gasteiger partial charge in [0.05, 0.1) is 18.9 Å². The first-order valence-electron chi connectivity index (χ1n) is 7.69. The molecule has 6 nitrogen and oxygen atoms in total. The maximum atomic E-state index is 12.5. The number of hydrogen-bond acceptors (Lipinski definition) is 4. The topological polar surface area (TPSA) is 67.9 Å². The third-order valence-electron chi connectivity index (χ3n) is 4.29. The Morgan fingerprint density at radius 3 is 2.54 bits per heavy atom. The van der Waals surface area contributed by atoms with Gasteiger partial charge in [0, 0.05) is 23.9 Å². The van der Waals surface area contributed by atoms with Crippen LogP contribution in [0.2, 0.25) is 0 Å². The Balaban J connectivity index is 1.68. The number of anilines is 2. The molecule has 0 bridgehead atoms. The molecule has 0 atom stereocenters. The van der Waals surface area contributed by atoms with Crippen molar-refractivity contribution in [3.63, 3.8) is 0 Å². The van der Waals surface area contributed by atoms with E-state index in [-0.39, 0.29) is 11.8 Å². The number of rotatable bonds is 2. The van der Waals surface area contributed by atoms with Gasteiger partial charge in [-0.2, -0.15) is 0 Å². The molecule has 2 aliphatic rings. The van der Waals surface area contributed by atoms with Gasteiger partial charge in [0.15, 0.2) is 0 Å². The number of amides is 2. The maximum absolute atomic E-state index is 12.5. The van der Waals surface area contributed by atoms with Gasteiger partial charge in [-0.25, -0.2) is 0 Å². The number of fused-ring (bicyclic) bond motifs is 2. The minimum Gasteiger partial charge on any atom is -0.336 e. The van der Waals surface area contributed by atoms with Crippen LogP contribution in [0, 0.1) is 0 Å². The molecule has 2 aromatic carbocycles. The van der Waals surface area contributed by atoms with Crippen LogP contribution in [0.4, 0.5) is 11.4 Å². The summed E-state index contributed by atoms with van der Waals surface area (Å²) in [5.74, 6) is -1.84. The monoisotopic (exact) mass is 324 g/mol. The van der Waals surface area contributed by atoms with Gasteiger partial charge >= 0.3 is 0 Å². The largest absolute Gasteiger partial charge is 0.336 e. The van der Waals surface area contributed by atoms with Crippen molar-refractivity contribution in [2.75, 3.05) is 30.5 Å². The molecule has 0 radical (unpaired) electrons. The second-order valence-electron chi connectivity index (χ2n) is 5.73. The van der Waals surface area contributed by atoms with Crippen LogP contribution in [-0.4, -0.2) is 32.1 Å². The van der Waals surface area contributed by atoms with Crippen molar-refractivity contribution >= 4 is 23.2 Å². The van der Waals surface area contributed by atoms with E-state index in [1.165, 1.54) is 4.90 Å². The zero-order valence-corrected chi connectivity index (χ0v) is 13.1. The van der Waals surface area contributed by atoms with Crippen LogP contribution in [0.3, 0.4) is 0 Å². The lowest BCUT2D eigenvalue weighted by atomic mass is 10.1. The highest BCUT2D eigenvalue weighted by molar-refractivity contribution is 6.08. The molecule has 2 heterocycles. The number of benzene rings is 2. The highest BCUT2D eigenvalue weighted by atomic mass is 16.7. The summed E-state index contributed by atoms with van der Waals surface area (Å²) in [6, 6.07) is 14.2. The Morgan fingerprint density at radius 1 is 1.12 bits per heavy atom. The summed E-state index contributed by atoms with van der Waals surface area (Å²) in [5, 5.41) is 2.84. The molecular weight excluding hydrogens is 308 g/mol. The van der Waals surface area contributed by atoms with Crippen molar-refractivity contribution in [3.8, 4) is 0 Å². The molecule has 0 unspecified atom stereocenters. The zero-order chi connectivity index (χ0) is 16.7. The molecule has 122 valence electrons. The lowest BCUT2D eigenvalue weighted by Crippen LogP contribution is -2.39. The van der Waals surface area contributed by atoms with E-state index in [0.29, 0.717) is 30.0 Å². The van der Waals surface area contributed by atoms with Gasteiger partial charge in [-0.3, -0.25) is 9.59 Å². The van der Waals surface area contributed by atoms with Crippen molar-refractivity contribution in [2.24, 2.45) is 0 Å². The predicted molar refractivity (Wildman–Crippen MR) is 87.8 cm³/mol.